The molecule has 0 bridgehead atoms. The van der Waals surface area contributed by atoms with E-state index in [4.69, 9.17) is 5.73 Å². The molecule has 0 radical (unpaired) electrons. The molecule has 0 aliphatic heterocycles. The third-order valence-electron chi connectivity index (χ3n) is 2.76. The zero-order valence-corrected chi connectivity index (χ0v) is 11.3. The van der Waals surface area contributed by atoms with Crippen LogP contribution in [0.1, 0.15) is 5.56 Å². The number of aromatic nitrogens is 3. The molecule has 0 saturated heterocycles. The number of nitrogens with zero attached hydrogens (tertiary/aromatic N) is 4. The number of fused-ring (bicyclic) bond motifs is 1. The molecule has 0 saturated carbocycles. The predicted octanol–water partition coefficient (Wildman–Crippen LogP) is 2.64. The Morgan fingerprint density at radius 1 is 1.32 bits per heavy atom. The molecule has 0 aliphatic rings. The van der Waals surface area contributed by atoms with Crippen LogP contribution in [0.2, 0.25) is 0 Å². The van der Waals surface area contributed by atoms with Crippen molar-refractivity contribution in [2.24, 2.45) is 0 Å². The highest BCUT2D eigenvalue weighted by Crippen LogP contribution is 2.25. The molecule has 0 atom stereocenters. The van der Waals surface area contributed by atoms with E-state index in [2.05, 4.69) is 32.0 Å². The number of rotatable bonds is 1. The number of imidazole rings is 1. The van der Waals surface area contributed by atoms with Crippen molar-refractivity contribution >= 4 is 33.0 Å². The van der Waals surface area contributed by atoms with E-state index in [9.17, 15) is 5.26 Å². The minimum absolute atomic E-state index is 0.313. The van der Waals surface area contributed by atoms with Crippen molar-refractivity contribution < 1.29 is 0 Å². The molecule has 0 aliphatic carbocycles. The first-order valence-electron chi connectivity index (χ1n) is 5.49. The molecule has 19 heavy (non-hydrogen) atoms. The zero-order valence-electron chi connectivity index (χ0n) is 9.71. The van der Waals surface area contributed by atoms with Crippen molar-refractivity contribution in [3.8, 4) is 11.8 Å². The maximum Gasteiger partial charge on any atom is 0.207 e. The predicted molar refractivity (Wildman–Crippen MR) is 75.7 cm³/mol. The first kappa shape index (κ1) is 11.7. The SMILES string of the molecule is N#Cc1cc(Br)ccc1-n1c(N)nc2cccnc21. The standard InChI is InChI=1S/C13H8BrN5/c14-9-3-4-11(8(6-9)7-15)19-12-10(18-13(19)16)2-1-5-17-12/h1-6H,(H2,16,18). The van der Waals surface area contributed by atoms with Gasteiger partial charge in [-0.05, 0) is 30.3 Å². The van der Waals surface area contributed by atoms with Crippen LogP contribution in [0.5, 0.6) is 0 Å². The third kappa shape index (κ3) is 1.84. The van der Waals surface area contributed by atoms with E-state index < -0.39 is 0 Å². The molecule has 2 aromatic heterocycles. The van der Waals surface area contributed by atoms with Crippen LogP contribution in [-0.4, -0.2) is 14.5 Å². The van der Waals surface area contributed by atoms with E-state index in [1.807, 2.05) is 18.2 Å². The van der Waals surface area contributed by atoms with Crippen molar-refractivity contribution in [1.29, 1.82) is 5.26 Å². The number of benzene rings is 1. The summed E-state index contributed by atoms with van der Waals surface area (Å²) in [5, 5.41) is 9.24. The fourth-order valence-electron chi connectivity index (χ4n) is 1.96. The van der Waals surface area contributed by atoms with E-state index in [-0.39, 0.29) is 0 Å². The van der Waals surface area contributed by atoms with Crippen LogP contribution in [0.15, 0.2) is 41.0 Å². The second-order valence-corrected chi connectivity index (χ2v) is 4.84. The summed E-state index contributed by atoms with van der Waals surface area (Å²) in [7, 11) is 0. The largest absolute Gasteiger partial charge is 0.369 e. The Bertz CT molecular complexity index is 816. The van der Waals surface area contributed by atoms with Crippen LogP contribution in [0, 0.1) is 11.3 Å². The van der Waals surface area contributed by atoms with Gasteiger partial charge in [0.2, 0.25) is 5.95 Å². The average Bonchev–Trinajstić information content (AvgIpc) is 2.74. The Morgan fingerprint density at radius 2 is 2.16 bits per heavy atom. The molecule has 0 fully saturated rings. The van der Waals surface area contributed by atoms with Crippen molar-refractivity contribution in [2.45, 2.75) is 0 Å². The van der Waals surface area contributed by atoms with Crippen molar-refractivity contribution in [2.75, 3.05) is 5.73 Å². The molecule has 92 valence electrons. The Balaban J connectivity index is 2.37. The Labute approximate surface area is 117 Å². The summed E-state index contributed by atoms with van der Waals surface area (Å²) in [6, 6.07) is 11.2. The van der Waals surface area contributed by atoms with Gasteiger partial charge in [-0.3, -0.25) is 4.57 Å². The van der Waals surface area contributed by atoms with E-state index in [0.29, 0.717) is 28.4 Å². The summed E-state index contributed by atoms with van der Waals surface area (Å²) in [4.78, 5) is 8.52. The first-order chi connectivity index (χ1) is 9.20. The Hall–Kier alpha value is -2.39. The van der Waals surface area contributed by atoms with Crippen LogP contribution in [-0.2, 0) is 0 Å². The fraction of sp³-hybridized carbons (Fsp3) is 0. The molecule has 2 N–H and O–H groups in total. The molecule has 0 spiro atoms. The van der Waals surface area contributed by atoms with Crippen molar-refractivity contribution in [3.05, 3.63) is 46.6 Å². The lowest BCUT2D eigenvalue weighted by atomic mass is 10.2. The molecule has 0 amide bonds. The molecule has 1 aromatic carbocycles. The molecule has 6 heteroatoms. The molecular weight excluding hydrogens is 306 g/mol. The van der Waals surface area contributed by atoms with E-state index in [1.54, 1.807) is 22.9 Å². The number of nitrogen functional groups attached to an aromatic ring is 1. The van der Waals surface area contributed by atoms with Gasteiger partial charge in [-0.25, -0.2) is 9.97 Å². The van der Waals surface area contributed by atoms with E-state index >= 15 is 0 Å². The lowest BCUT2D eigenvalue weighted by Gasteiger charge is -2.08. The van der Waals surface area contributed by atoms with Crippen molar-refractivity contribution in [1.82, 2.24) is 14.5 Å². The van der Waals surface area contributed by atoms with Gasteiger partial charge >= 0.3 is 0 Å². The minimum atomic E-state index is 0.313. The summed E-state index contributed by atoms with van der Waals surface area (Å²) in [6.45, 7) is 0. The maximum absolute atomic E-state index is 9.24. The Morgan fingerprint density at radius 3 is 2.95 bits per heavy atom. The first-order valence-corrected chi connectivity index (χ1v) is 6.29. The van der Waals surface area contributed by atoms with Gasteiger partial charge in [0.15, 0.2) is 5.65 Å². The van der Waals surface area contributed by atoms with Crippen LogP contribution in [0.3, 0.4) is 0 Å². The topological polar surface area (TPSA) is 80.5 Å². The molecule has 3 rings (SSSR count). The molecule has 5 nitrogen and oxygen atoms in total. The molecular formula is C13H8BrN5. The highest BCUT2D eigenvalue weighted by atomic mass is 79.9. The second kappa shape index (κ2) is 4.37. The van der Waals surface area contributed by atoms with Crippen LogP contribution in [0.25, 0.3) is 16.9 Å². The van der Waals surface area contributed by atoms with Crippen LogP contribution in [0.4, 0.5) is 5.95 Å². The van der Waals surface area contributed by atoms with Crippen LogP contribution >= 0.6 is 15.9 Å². The molecule has 2 heterocycles. The maximum atomic E-state index is 9.24. The number of hydrogen-bond acceptors (Lipinski definition) is 4. The lowest BCUT2D eigenvalue weighted by molar-refractivity contribution is 1.08. The lowest BCUT2D eigenvalue weighted by Crippen LogP contribution is -2.03. The monoisotopic (exact) mass is 313 g/mol. The van der Waals surface area contributed by atoms with Gasteiger partial charge in [-0.2, -0.15) is 5.26 Å². The number of nitrogens with two attached hydrogens (primary N) is 1. The van der Waals surface area contributed by atoms with Gasteiger partial charge in [-0.1, -0.05) is 15.9 Å². The second-order valence-electron chi connectivity index (χ2n) is 3.92. The summed E-state index contributed by atoms with van der Waals surface area (Å²) in [6.07, 6.45) is 1.67. The summed E-state index contributed by atoms with van der Waals surface area (Å²) < 4.78 is 2.52. The number of hydrogen-bond donors (Lipinski definition) is 1. The number of pyridine rings is 1. The van der Waals surface area contributed by atoms with Gasteiger partial charge in [0.25, 0.3) is 0 Å². The van der Waals surface area contributed by atoms with Gasteiger partial charge in [-0.15, -0.1) is 0 Å². The molecule has 3 aromatic rings. The molecule has 0 unspecified atom stereocenters. The highest BCUT2D eigenvalue weighted by Gasteiger charge is 2.14. The van der Waals surface area contributed by atoms with Gasteiger partial charge < -0.3 is 5.73 Å². The smallest absolute Gasteiger partial charge is 0.207 e. The van der Waals surface area contributed by atoms with E-state index in [1.165, 1.54) is 0 Å². The number of anilines is 1. The number of nitriles is 1. The van der Waals surface area contributed by atoms with Crippen LogP contribution < -0.4 is 5.73 Å². The van der Waals surface area contributed by atoms with E-state index in [0.717, 1.165) is 4.47 Å². The zero-order chi connectivity index (χ0) is 13.4. The summed E-state index contributed by atoms with van der Waals surface area (Å²) in [5.41, 5.74) is 8.45. The fourth-order valence-corrected chi connectivity index (χ4v) is 2.32. The third-order valence-corrected chi connectivity index (χ3v) is 3.26. The quantitative estimate of drug-likeness (QED) is 0.749. The van der Waals surface area contributed by atoms with Gasteiger partial charge in [0.1, 0.15) is 11.6 Å². The number of halogens is 1. The normalized spacial score (nSPS) is 10.5. The van der Waals surface area contributed by atoms with Gasteiger partial charge in [0.05, 0.1) is 11.3 Å². The summed E-state index contributed by atoms with van der Waals surface area (Å²) in [5.74, 6) is 0.313. The average molecular weight is 314 g/mol. The Kier molecular flexibility index (Phi) is 2.69. The van der Waals surface area contributed by atoms with Gasteiger partial charge in [0, 0.05) is 10.7 Å². The summed E-state index contributed by atoms with van der Waals surface area (Å²) >= 11 is 3.35. The van der Waals surface area contributed by atoms with Crippen molar-refractivity contribution in [3.63, 3.8) is 0 Å². The highest BCUT2D eigenvalue weighted by molar-refractivity contribution is 9.10. The minimum Gasteiger partial charge on any atom is -0.369 e.